The monoisotopic (exact) mass is 491 g/mol. The summed E-state index contributed by atoms with van der Waals surface area (Å²) in [6.07, 6.45) is 2.53. The number of hydrogen-bond acceptors (Lipinski definition) is 4. The highest BCUT2D eigenvalue weighted by Gasteiger charge is 2.15. The molecular weight excluding hydrogens is 462 g/mol. The molecule has 4 aromatic carbocycles. The molecule has 0 aliphatic rings. The fourth-order valence-corrected chi connectivity index (χ4v) is 3.66. The van der Waals surface area contributed by atoms with Gasteiger partial charge in [0, 0.05) is 5.56 Å². The van der Waals surface area contributed by atoms with E-state index in [4.69, 9.17) is 4.74 Å². The van der Waals surface area contributed by atoms with Crippen LogP contribution in [0.1, 0.15) is 41.8 Å². The summed E-state index contributed by atoms with van der Waals surface area (Å²) in [5.41, 5.74) is 5.37. The summed E-state index contributed by atoms with van der Waals surface area (Å²) in [4.78, 5) is 26.0. The molecule has 0 aliphatic carbocycles. The molecule has 0 saturated carbocycles. The molecule has 0 saturated heterocycles. The standard InChI is InChI=1S/C31H29N3O3/c1-3-19-37-28-17-13-23(14-18-28)20-29(32-30(35)25-10-5-4-6-11-25)31(36)34-33-22(2)26-16-15-24-9-7-8-12-27(24)21-26/h4-18,20-21H,3,19H2,1-2H3,(H,32,35)(H,34,36)/b29-20-,33-22+. The van der Waals surface area contributed by atoms with Gasteiger partial charge in [0.2, 0.25) is 0 Å². The number of hydrazone groups is 1. The zero-order valence-electron chi connectivity index (χ0n) is 20.9. The molecule has 0 spiro atoms. The summed E-state index contributed by atoms with van der Waals surface area (Å²) in [6, 6.07) is 30.1. The number of benzene rings is 4. The quantitative estimate of drug-likeness (QED) is 0.173. The Morgan fingerprint density at radius 3 is 2.27 bits per heavy atom. The maximum atomic E-state index is 13.1. The van der Waals surface area contributed by atoms with E-state index in [0.29, 0.717) is 17.9 Å². The average Bonchev–Trinajstić information content (AvgIpc) is 2.95. The normalized spacial score (nSPS) is 11.7. The Kier molecular flexibility index (Phi) is 8.45. The lowest BCUT2D eigenvalue weighted by Gasteiger charge is -2.10. The third-order valence-electron chi connectivity index (χ3n) is 5.69. The number of amides is 2. The van der Waals surface area contributed by atoms with E-state index in [2.05, 4.69) is 15.8 Å². The summed E-state index contributed by atoms with van der Waals surface area (Å²) >= 11 is 0. The number of carbonyl (C=O) groups excluding carboxylic acids is 2. The van der Waals surface area contributed by atoms with Gasteiger partial charge in [-0.2, -0.15) is 5.10 Å². The van der Waals surface area contributed by atoms with E-state index >= 15 is 0 Å². The SMILES string of the molecule is CCCOc1ccc(/C=C(\NC(=O)c2ccccc2)C(=O)N/N=C(\C)c2ccc3ccccc3c2)cc1. The zero-order valence-corrected chi connectivity index (χ0v) is 20.9. The minimum Gasteiger partial charge on any atom is -0.494 e. The lowest BCUT2D eigenvalue weighted by Crippen LogP contribution is -2.33. The lowest BCUT2D eigenvalue weighted by atomic mass is 10.0. The molecule has 0 aromatic heterocycles. The molecule has 0 bridgehead atoms. The number of ether oxygens (including phenoxy) is 1. The van der Waals surface area contributed by atoms with Crippen LogP contribution in [0.5, 0.6) is 5.75 Å². The number of fused-ring (bicyclic) bond motifs is 1. The van der Waals surface area contributed by atoms with Crippen LogP contribution < -0.4 is 15.5 Å². The van der Waals surface area contributed by atoms with E-state index in [1.807, 2.05) is 86.6 Å². The summed E-state index contributed by atoms with van der Waals surface area (Å²) in [7, 11) is 0. The first-order chi connectivity index (χ1) is 18.0. The Morgan fingerprint density at radius 1 is 0.838 bits per heavy atom. The van der Waals surface area contributed by atoms with Crippen LogP contribution in [0.4, 0.5) is 0 Å². The largest absolute Gasteiger partial charge is 0.494 e. The molecule has 0 atom stereocenters. The van der Waals surface area contributed by atoms with E-state index in [9.17, 15) is 9.59 Å². The molecule has 6 heteroatoms. The van der Waals surface area contributed by atoms with Gasteiger partial charge in [-0.25, -0.2) is 5.43 Å². The molecule has 4 rings (SSSR count). The van der Waals surface area contributed by atoms with Crippen molar-refractivity contribution in [3.05, 3.63) is 119 Å². The number of rotatable bonds is 9. The summed E-state index contributed by atoms with van der Waals surface area (Å²) in [5.74, 6) is -0.176. The van der Waals surface area contributed by atoms with Crippen LogP contribution in [0.2, 0.25) is 0 Å². The first-order valence-electron chi connectivity index (χ1n) is 12.2. The molecular formula is C31H29N3O3. The highest BCUT2D eigenvalue weighted by molar-refractivity contribution is 6.07. The third-order valence-corrected chi connectivity index (χ3v) is 5.69. The second kappa shape index (κ2) is 12.3. The van der Waals surface area contributed by atoms with E-state index < -0.39 is 5.91 Å². The van der Waals surface area contributed by atoms with Crippen molar-refractivity contribution in [1.82, 2.24) is 10.7 Å². The van der Waals surface area contributed by atoms with Gasteiger partial charge in [0.1, 0.15) is 11.4 Å². The van der Waals surface area contributed by atoms with Crippen LogP contribution in [0.3, 0.4) is 0 Å². The van der Waals surface area contributed by atoms with Crippen molar-refractivity contribution >= 4 is 34.4 Å². The first-order valence-corrected chi connectivity index (χ1v) is 12.2. The lowest BCUT2D eigenvalue weighted by molar-refractivity contribution is -0.117. The highest BCUT2D eigenvalue weighted by atomic mass is 16.5. The number of nitrogens with one attached hydrogen (secondary N) is 2. The van der Waals surface area contributed by atoms with Crippen LogP contribution in [0.25, 0.3) is 16.8 Å². The van der Waals surface area contributed by atoms with Crippen LogP contribution in [-0.4, -0.2) is 24.1 Å². The number of hydrogen-bond donors (Lipinski definition) is 2. The Labute approximate surface area is 216 Å². The van der Waals surface area contributed by atoms with Gasteiger partial charge >= 0.3 is 0 Å². The number of nitrogens with zero attached hydrogens (tertiary/aromatic N) is 1. The fraction of sp³-hybridized carbons (Fsp3) is 0.129. The van der Waals surface area contributed by atoms with Gasteiger partial charge in [0.25, 0.3) is 11.8 Å². The third kappa shape index (κ3) is 6.92. The maximum Gasteiger partial charge on any atom is 0.287 e. The Hall–Kier alpha value is -4.71. The van der Waals surface area contributed by atoms with Crippen LogP contribution in [0.15, 0.2) is 108 Å². The summed E-state index contributed by atoms with van der Waals surface area (Å²) in [6.45, 7) is 4.50. The van der Waals surface area contributed by atoms with Crippen molar-refractivity contribution < 1.29 is 14.3 Å². The van der Waals surface area contributed by atoms with Crippen molar-refractivity contribution in [2.24, 2.45) is 5.10 Å². The zero-order chi connectivity index (χ0) is 26.0. The van der Waals surface area contributed by atoms with Gasteiger partial charge in [-0.05, 0) is 71.7 Å². The van der Waals surface area contributed by atoms with Crippen molar-refractivity contribution in [2.45, 2.75) is 20.3 Å². The Balaban J connectivity index is 1.56. The molecule has 6 nitrogen and oxygen atoms in total. The Morgan fingerprint density at radius 2 is 1.54 bits per heavy atom. The predicted octanol–water partition coefficient (Wildman–Crippen LogP) is 5.94. The van der Waals surface area contributed by atoms with Crippen LogP contribution in [0, 0.1) is 0 Å². The van der Waals surface area contributed by atoms with Crippen molar-refractivity contribution in [1.29, 1.82) is 0 Å². The minimum atomic E-state index is -0.532. The Bertz CT molecular complexity index is 1440. The van der Waals surface area contributed by atoms with Gasteiger partial charge < -0.3 is 10.1 Å². The second-order valence-electron chi connectivity index (χ2n) is 8.50. The molecule has 0 unspecified atom stereocenters. The summed E-state index contributed by atoms with van der Waals surface area (Å²) in [5, 5.41) is 9.24. The van der Waals surface area contributed by atoms with E-state index in [1.165, 1.54) is 0 Å². The molecule has 2 N–H and O–H groups in total. The number of carbonyl (C=O) groups is 2. The maximum absolute atomic E-state index is 13.1. The van der Waals surface area contributed by atoms with E-state index in [1.54, 1.807) is 30.3 Å². The molecule has 0 radical (unpaired) electrons. The highest BCUT2D eigenvalue weighted by Crippen LogP contribution is 2.17. The molecule has 2 amide bonds. The second-order valence-corrected chi connectivity index (χ2v) is 8.50. The van der Waals surface area contributed by atoms with Crippen molar-refractivity contribution in [3.8, 4) is 5.75 Å². The molecule has 37 heavy (non-hydrogen) atoms. The molecule has 0 heterocycles. The average molecular weight is 492 g/mol. The van der Waals surface area contributed by atoms with Gasteiger partial charge in [-0.15, -0.1) is 0 Å². The van der Waals surface area contributed by atoms with Gasteiger partial charge in [-0.3, -0.25) is 9.59 Å². The van der Waals surface area contributed by atoms with Crippen LogP contribution >= 0.6 is 0 Å². The fourth-order valence-electron chi connectivity index (χ4n) is 3.66. The molecule has 0 aliphatic heterocycles. The topological polar surface area (TPSA) is 79.8 Å². The van der Waals surface area contributed by atoms with Gasteiger partial charge in [0.05, 0.1) is 12.3 Å². The molecule has 4 aromatic rings. The van der Waals surface area contributed by atoms with Gasteiger partial charge in [0.15, 0.2) is 0 Å². The van der Waals surface area contributed by atoms with Gasteiger partial charge in [-0.1, -0.05) is 73.7 Å². The first kappa shape index (κ1) is 25.4. The molecule has 186 valence electrons. The summed E-state index contributed by atoms with van der Waals surface area (Å²) < 4.78 is 5.63. The van der Waals surface area contributed by atoms with Crippen molar-refractivity contribution in [3.63, 3.8) is 0 Å². The van der Waals surface area contributed by atoms with E-state index in [-0.39, 0.29) is 11.6 Å². The van der Waals surface area contributed by atoms with Crippen LogP contribution in [-0.2, 0) is 4.79 Å². The molecule has 0 fully saturated rings. The smallest absolute Gasteiger partial charge is 0.287 e. The predicted molar refractivity (Wildman–Crippen MR) is 148 cm³/mol. The minimum absolute atomic E-state index is 0.0751. The van der Waals surface area contributed by atoms with E-state index in [0.717, 1.165) is 34.1 Å². The van der Waals surface area contributed by atoms with Crippen molar-refractivity contribution in [2.75, 3.05) is 6.61 Å².